The molecule has 0 aliphatic heterocycles. The largest absolute Gasteiger partial charge is 0.375 e. The van der Waals surface area contributed by atoms with Crippen molar-refractivity contribution in [2.75, 3.05) is 44.1 Å². The van der Waals surface area contributed by atoms with Gasteiger partial charge in [0.1, 0.15) is 5.82 Å². The first-order valence-electron chi connectivity index (χ1n) is 8.05. The number of unbranched alkanes of at least 4 members (excludes halogenated alkanes) is 1. The van der Waals surface area contributed by atoms with E-state index in [4.69, 9.17) is 0 Å². The zero-order chi connectivity index (χ0) is 17.1. The quantitative estimate of drug-likeness (QED) is 0.251. The van der Waals surface area contributed by atoms with Crippen LogP contribution in [0.25, 0.3) is 0 Å². The molecule has 0 heterocycles. The van der Waals surface area contributed by atoms with E-state index in [1.165, 1.54) is 12.2 Å². The molecule has 0 saturated carbocycles. The maximum Gasteiger partial charge on any atom is 0.191 e. The van der Waals surface area contributed by atoms with Gasteiger partial charge in [-0.05, 0) is 49.5 Å². The number of benzene rings is 1. The Kier molecular flexibility index (Phi) is 13.2. The van der Waals surface area contributed by atoms with E-state index in [2.05, 4.69) is 21.9 Å². The van der Waals surface area contributed by atoms with Gasteiger partial charge in [0.15, 0.2) is 5.96 Å². The number of nitrogens with one attached hydrogen (secondary N) is 2. The summed E-state index contributed by atoms with van der Waals surface area (Å²) in [5.41, 5.74) is 1.46. The molecule has 138 valence electrons. The molecule has 2 N–H and O–H groups in total. The summed E-state index contributed by atoms with van der Waals surface area (Å²) in [6, 6.07) is 5.27. The molecule has 1 aromatic carbocycles. The molecule has 0 spiro atoms. The van der Waals surface area contributed by atoms with Gasteiger partial charge in [-0.25, -0.2) is 9.38 Å². The van der Waals surface area contributed by atoms with Gasteiger partial charge in [0.25, 0.3) is 0 Å². The molecule has 0 aliphatic carbocycles. The van der Waals surface area contributed by atoms with Crippen LogP contribution >= 0.6 is 35.7 Å². The molecule has 0 aliphatic rings. The van der Waals surface area contributed by atoms with Crippen molar-refractivity contribution in [3.05, 3.63) is 29.6 Å². The Balaban J connectivity index is 0.00000529. The van der Waals surface area contributed by atoms with Crippen LogP contribution in [0.3, 0.4) is 0 Å². The highest BCUT2D eigenvalue weighted by Gasteiger charge is 2.05. The lowest BCUT2D eigenvalue weighted by atomic mass is 10.2. The van der Waals surface area contributed by atoms with Crippen LogP contribution in [0.4, 0.5) is 10.1 Å². The van der Waals surface area contributed by atoms with Crippen LogP contribution in [-0.4, -0.2) is 45.2 Å². The Morgan fingerprint density at radius 3 is 2.58 bits per heavy atom. The standard InChI is InChI=1S/C17H29FN4S.HI/c1-5-19-17(20-10-6-7-11-23-4)21-13-14-8-9-16(22(2)3)15(18)12-14;/h8-9,12H,5-7,10-11,13H2,1-4H3,(H2,19,20,21);1H. The van der Waals surface area contributed by atoms with E-state index in [1.807, 2.05) is 38.8 Å². The zero-order valence-electron chi connectivity index (χ0n) is 15.1. The van der Waals surface area contributed by atoms with Crippen LogP contribution in [0.5, 0.6) is 0 Å². The lowest BCUT2D eigenvalue weighted by Crippen LogP contribution is -2.37. The van der Waals surface area contributed by atoms with Crippen molar-refractivity contribution >= 4 is 47.4 Å². The van der Waals surface area contributed by atoms with Crippen LogP contribution in [0.15, 0.2) is 23.2 Å². The fourth-order valence-corrected chi connectivity index (χ4v) is 2.59. The van der Waals surface area contributed by atoms with Crippen LogP contribution in [0.1, 0.15) is 25.3 Å². The summed E-state index contributed by atoms with van der Waals surface area (Å²) in [6.45, 7) is 4.21. The van der Waals surface area contributed by atoms with E-state index in [9.17, 15) is 4.39 Å². The fourth-order valence-electron chi connectivity index (χ4n) is 2.10. The Morgan fingerprint density at radius 2 is 2.00 bits per heavy atom. The summed E-state index contributed by atoms with van der Waals surface area (Å²) in [6.07, 6.45) is 4.45. The summed E-state index contributed by atoms with van der Waals surface area (Å²) >= 11 is 1.87. The monoisotopic (exact) mass is 468 g/mol. The van der Waals surface area contributed by atoms with Crippen molar-refractivity contribution in [1.29, 1.82) is 0 Å². The van der Waals surface area contributed by atoms with Gasteiger partial charge in [-0.15, -0.1) is 24.0 Å². The molecule has 0 amide bonds. The molecule has 0 unspecified atom stereocenters. The number of guanidine groups is 1. The SMILES string of the molecule is CCNC(=NCc1ccc(N(C)C)c(F)c1)NCCCCSC.I. The molecule has 0 saturated heterocycles. The van der Waals surface area contributed by atoms with Crippen molar-refractivity contribution in [2.24, 2.45) is 4.99 Å². The lowest BCUT2D eigenvalue weighted by molar-refractivity contribution is 0.623. The Morgan fingerprint density at radius 1 is 1.25 bits per heavy atom. The second kappa shape index (κ2) is 13.6. The van der Waals surface area contributed by atoms with Gasteiger partial charge in [-0.2, -0.15) is 11.8 Å². The van der Waals surface area contributed by atoms with E-state index >= 15 is 0 Å². The van der Waals surface area contributed by atoms with Gasteiger partial charge in [0.05, 0.1) is 12.2 Å². The molecule has 7 heteroatoms. The molecule has 0 atom stereocenters. The summed E-state index contributed by atoms with van der Waals surface area (Å²) in [5.74, 6) is 1.76. The van der Waals surface area contributed by atoms with Gasteiger partial charge in [0.2, 0.25) is 0 Å². The molecular formula is C17H30FIN4S. The predicted molar refractivity (Wildman–Crippen MR) is 117 cm³/mol. The van der Waals surface area contributed by atoms with E-state index in [0.717, 1.165) is 31.0 Å². The summed E-state index contributed by atoms with van der Waals surface area (Å²) < 4.78 is 14.0. The summed E-state index contributed by atoms with van der Waals surface area (Å²) in [5, 5.41) is 6.54. The topological polar surface area (TPSA) is 39.7 Å². The number of thioether (sulfide) groups is 1. The third-order valence-corrected chi connectivity index (χ3v) is 4.02. The van der Waals surface area contributed by atoms with Crippen molar-refractivity contribution in [1.82, 2.24) is 10.6 Å². The molecule has 4 nitrogen and oxygen atoms in total. The lowest BCUT2D eigenvalue weighted by Gasteiger charge is -2.14. The first kappa shape index (κ1) is 23.3. The van der Waals surface area contributed by atoms with Gasteiger partial charge in [0, 0.05) is 27.2 Å². The number of hydrogen-bond acceptors (Lipinski definition) is 3. The first-order chi connectivity index (χ1) is 11.1. The molecule has 0 bridgehead atoms. The number of rotatable bonds is 9. The van der Waals surface area contributed by atoms with Crippen LogP contribution in [0, 0.1) is 5.82 Å². The molecule has 0 radical (unpaired) electrons. The zero-order valence-corrected chi connectivity index (χ0v) is 18.2. The highest BCUT2D eigenvalue weighted by Crippen LogP contribution is 2.18. The smallest absolute Gasteiger partial charge is 0.191 e. The van der Waals surface area contributed by atoms with Gasteiger partial charge in [-0.3, -0.25) is 0 Å². The van der Waals surface area contributed by atoms with Crippen molar-refractivity contribution in [3.63, 3.8) is 0 Å². The normalized spacial score (nSPS) is 11.0. The number of anilines is 1. The molecule has 1 rings (SSSR count). The first-order valence-corrected chi connectivity index (χ1v) is 9.44. The average molecular weight is 468 g/mol. The highest BCUT2D eigenvalue weighted by molar-refractivity contribution is 14.0. The highest BCUT2D eigenvalue weighted by atomic mass is 127. The minimum absolute atomic E-state index is 0. The predicted octanol–water partition coefficient (Wildman–Crippen LogP) is 3.71. The molecule has 1 aromatic rings. The van der Waals surface area contributed by atoms with E-state index in [-0.39, 0.29) is 29.8 Å². The second-order valence-corrected chi connectivity index (χ2v) is 6.49. The summed E-state index contributed by atoms with van der Waals surface area (Å²) in [7, 11) is 3.67. The molecular weight excluding hydrogens is 438 g/mol. The van der Waals surface area contributed by atoms with Gasteiger partial charge in [-0.1, -0.05) is 6.07 Å². The number of halogens is 2. The van der Waals surface area contributed by atoms with E-state index in [1.54, 1.807) is 17.0 Å². The Labute approximate surface area is 167 Å². The second-order valence-electron chi connectivity index (χ2n) is 5.50. The third kappa shape index (κ3) is 8.96. The van der Waals surface area contributed by atoms with Crippen LogP contribution < -0.4 is 15.5 Å². The maximum atomic E-state index is 14.0. The Bertz CT molecular complexity index is 497. The van der Waals surface area contributed by atoms with Gasteiger partial charge >= 0.3 is 0 Å². The van der Waals surface area contributed by atoms with E-state index < -0.39 is 0 Å². The molecule has 0 aromatic heterocycles. The third-order valence-electron chi connectivity index (χ3n) is 3.33. The van der Waals surface area contributed by atoms with Crippen molar-refractivity contribution in [2.45, 2.75) is 26.3 Å². The van der Waals surface area contributed by atoms with Crippen molar-refractivity contribution < 1.29 is 4.39 Å². The number of hydrogen-bond donors (Lipinski definition) is 2. The Hall–Kier alpha value is -0.700. The number of nitrogens with zero attached hydrogens (tertiary/aromatic N) is 2. The number of aliphatic imine (C=N–C) groups is 1. The minimum atomic E-state index is -0.210. The van der Waals surface area contributed by atoms with Crippen LogP contribution in [0.2, 0.25) is 0 Å². The fraction of sp³-hybridized carbons (Fsp3) is 0.588. The van der Waals surface area contributed by atoms with Crippen molar-refractivity contribution in [3.8, 4) is 0 Å². The maximum absolute atomic E-state index is 14.0. The van der Waals surface area contributed by atoms with Gasteiger partial charge < -0.3 is 15.5 Å². The summed E-state index contributed by atoms with van der Waals surface area (Å²) in [4.78, 5) is 6.29. The minimum Gasteiger partial charge on any atom is -0.375 e. The van der Waals surface area contributed by atoms with Crippen LogP contribution in [-0.2, 0) is 6.54 Å². The van der Waals surface area contributed by atoms with E-state index in [0.29, 0.717) is 12.2 Å². The molecule has 0 fully saturated rings. The average Bonchev–Trinajstić information content (AvgIpc) is 2.52. The molecule has 24 heavy (non-hydrogen) atoms.